The van der Waals surface area contributed by atoms with Crippen LogP contribution in [0.1, 0.15) is 34.6 Å². The van der Waals surface area contributed by atoms with Crippen molar-refractivity contribution in [3.8, 4) is 11.5 Å². The Hall–Kier alpha value is -1.73. The van der Waals surface area contributed by atoms with Crippen LogP contribution in [0.2, 0.25) is 0 Å². The lowest BCUT2D eigenvalue weighted by molar-refractivity contribution is 0.0357. The summed E-state index contributed by atoms with van der Waals surface area (Å²) in [5, 5.41) is 10.7. The number of nitrogens with zero attached hydrogens (tertiary/aromatic N) is 2. The quantitative estimate of drug-likeness (QED) is 0.543. The molecule has 0 saturated carbocycles. The van der Waals surface area contributed by atoms with Gasteiger partial charge in [0.25, 0.3) is 0 Å². The first kappa shape index (κ1) is 21.5. The molecular weight excluding hydrogens is 396 g/mol. The molecule has 1 N–H and O–H groups in total. The molecule has 2 aliphatic heterocycles. The Balaban J connectivity index is 1.47. The standard InChI is InChI=1S/C24H32N2O3S/c1-17-4-5-18(13-24(17)30)21-16-25(2)15-19-12-23(22(27)14-20(19)21)29-9-3-6-26-7-10-28-11-8-26/h4-5,12-14,21,27,30H,3,6-11,15-16H2,1-2H3. The first-order valence-corrected chi connectivity index (χ1v) is 11.2. The molecule has 2 aromatic rings. The Morgan fingerprint density at radius 1 is 1.20 bits per heavy atom. The third kappa shape index (κ3) is 4.94. The van der Waals surface area contributed by atoms with Gasteiger partial charge in [-0.05, 0) is 60.8 Å². The topological polar surface area (TPSA) is 45.2 Å². The minimum atomic E-state index is 0.214. The predicted octanol–water partition coefficient (Wildman–Crippen LogP) is 3.67. The van der Waals surface area contributed by atoms with Crippen molar-refractivity contribution >= 4 is 12.6 Å². The number of phenolic OH excluding ortho intramolecular Hbond substituents is 1. The van der Waals surface area contributed by atoms with Gasteiger partial charge in [-0.25, -0.2) is 0 Å². The molecule has 2 aromatic carbocycles. The molecule has 6 heteroatoms. The van der Waals surface area contributed by atoms with Crippen LogP contribution < -0.4 is 4.74 Å². The van der Waals surface area contributed by atoms with E-state index in [1.165, 1.54) is 22.3 Å². The maximum Gasteiger partial charge on any atom is 0.161 e. The van der Waals surface area contributed by atoms with E-state index >= 15 is 0 Å². The van der Waals surface area contributed by atoms with Gasteiger partial charge in [-0.2, -0.15) is 0 Å². The van der Waals surface area contributed by atoms with Gasteiger partial charge >= 0.3 is 0 Å². The van der Waals surface area contributed by atoms with Crippen LogP contribution in [0.4, 0.5) is 0 Å². The van der Waals surface area contributed by atoms with Gasteiger partial charge in [0.15, 0.2) is 11.5 Å². The van der Waals surface area contributed by atoms with Gasteiger partial charge in [-0.3, -0.25) is 4.90 Å². The maximum absolute atomic E-state index is 10.7. The fourth-order valence-corrected chi connectivity index (χ4v) is 4.62. The van der Waals surface area contributed by atoms with E-state index in [9.17, 15) is 5.11 Å². The summed E-state index contributed by atoms with van der Waals surface area (Å²) < 4.78 is 11.4. The molecule has 1 atom stereocenters. The Morgan fingerprint density at radius 3 is 2.77 bits per heavy atom. The normalized spacial score (nSPS) is 20.2. The van der Waals surface area contributed by atoms with Crippen LogP contribution in [0.5, 0.6) is 11.5 Å². The van der Waals surface area contributed by atoms with Crippen molar-refractivity contribution in [2.75, 3.05) is 53.0 Å². The summed E-state index contributed by atoms with van der Waals surface area (Å²) in [6.45, 7) is 9.06. The van der Waals surface area contributed by atoms with Crippen LogP contribution in [0.25, 0.3) is 0 Å². The molecule has 1 unspecified atom stereocenters. The Morgan fingerprint density at radius 2 is 2.00 bits per heavy atom. The molecule has 0 spiro atoms. The van der Waals surface area contributed by atoms with Crippen LogP contribution in [0, 0.1) is 6.92 Å². The number of likely N-dealkylation sites (N-methyl/N-ethyl adjacent to an activating group) is 1. The summed E-state index contributed by atoms with van der Waals surface area (Å²) in [5.41, 5.74) is 4.81. The van der Waals surface area contributed by atoms with Gasteiger partial charge in [0.1, 0.15) is 0 Å². The zero-order chi connectivity index (χ0) is 21.1. The van der Waals surface area contributed by atoms with Crippen molar-refractivity contribution in [3.05, 3.63) is 52.6 Å². The highest BCUT2D eigenvalue weighted by Gasteiger charge is 2.27. The number of morpholine rings is 1. The van der Waals surface area contributed by atoms with E-state index in [2.05, 4.69) is 54.6 Å². The number of rotatable bonds is 6. The molecule has 2 aliphatic rings. The average molecular weight is 429 g/mol. The molecule has 4 rings (SSSR count). The highest BCUT2D eigenvalue weighted by molar-refractivity contribution is 7.80. The highest BCUT2D eigenvalue weighted by atomic mass is 32.1. The van der Waals surface area contributed by atoms with E-state index in [0.29, 0.717) is 12.4 Å². The van der Waals surface area contributed by atoms with Crippen LogP contribution in [-0.2, 0) is 11.3 Å². The van der Waals surface area contributed by atoms with Crippen molar-refractivity contribution in [2.45, 2.75) is 30.7 Å². The van der Waals surface area contributed by atoms with Gasteiger partial charge in [-0.15, -0.1) is 12.6 Å². The molecule has 0 aromatic heterocycles. The Kier molecular flexibility index (Phi) is 6.88. The minimum Gasteiger partial charge on any atom is -0.504 e. The fraction of sp³-hybridized carbons (Fsp3) is 0.500. The molecule has 0 aliphatic carbocycles. The van der Waals surface area contributed by atoms with E-state index in [-0.39, 0.29) is 11.7 Å². The molecule has 5 nitrogen and oxygen atoms in total. The Bertz CT molecular complexity index is 883. The van der Waals surface area contributed by atoms with Crippen molar-refractivity contribution in [1.29, 1.82) is 0 Å². The molecule has 30 heavy (non-hydrogen) atoms. The molecule has 0 radical (unpaired) electrons. The smallest absolute Gasteiger partial charge is 0.161 e. The number of thiol groups is 1. The third-order valence-corrected chi connectivity index (χ3v) is 6.63. The van der Waals surface area contributed by atoms with E-state index in [4.69, 9.17) is 9.47 Å². The number of aromatic hydroxyl groups is 1. The molecule has 162 valence electrons. The SMILES string of the molecule is Cc1ccc(C2CN(C)Cc3cc(OCCCN4CCOCC4)c(O)cc32)cc1S. The van der Waals surface area contributed by atoms with Gasteiger partial charge in [0, 0.05) is 43.5 Å². The second-order valence-electron chi connectivity index (χ2n) is 8.47. The van der Waals surface area contributed by atoms with Gasteiger partial charge in [0.05, 0.1) is 19.8 Å². The number of hydrogen-bond donors (Lipinski definition) is 2. The van der Waals surface area contributed by atoms with E-state index < -0.39 is 0 Å². The number of fused-ring (bicyclic) bond motifs is 1. The lowest BCUT2D eigenvalue weighted by Gasteiger charge is -2.33. The fourth-order valence-electron chi connectivity index (χ4n) is 4.39. The van der Waals surface area contributed by atoms with Crippen molar-refractivity contribution < 1.29 is 14.6 Å². The maximum atomic E-state index is 10.7. The second-order valence-corrected chi connectivity index (χ2v) is 8.95. The van der Waals surface area contributed by atoms with Crippen molar-refractivity contribution in [1.82, 2.24) is 9.80 Å². The van der Waals surface area contributed by atoms with Gasteiger partial charge in [-0.1, -0.05) is 12.1 Å². The summed E-state index contributed by atoms with van der Waals surface area (Å²) in [6, 6.07) is 10.4. The van der Waals surface area contributed by atoms with Gasteiger partial charge < -0.3 is 19.5 Å². The summed E-state index contributed by atoms with van der Waals surface area (Å²) >= 11 is 4.61. The molecule has 0 bridgehead atoms. The van der Waals surface area contributed by atoms with E-state index in [1.807, 2.05) is 12.1 Å². The monoisotopic (exact) mass is 428 g/mol. The van der Waals surface area contributed by atoms with Crippen LogP contribution in [-0.4, -0.2) is 68.0 Å². The largest absolute Gasteiger partial charge is 0.504 e. The number of ether oxygens (including phenoxy) is 2. The third-order valence-electron chi connectivity index (χ3n) is 6.15. The van der Waals surface area contributed by atoms with Crippen LogP contribution in [0.3, 0.4) is 0 Å². The number of hydrogen-bond acceptors (Lipinski definition) is 6. The van der Waals surface area contributed by atoms with E-state index in [0.717, 1.165) is 57.3 Å². The number of phenols is 1. The first-order valence-electron chi connectivity index (χ1n) is 10.8. The lowest BCUT2D eigenvalue weighted by Crippen LogP contribution is -2.37. The number of benzene rings is 2. The average Bonchev–Trinajstić information content (AvgIpc) is 2.74. The zero-order valence-electron chi connectivity index (χ0n) is 17.9. The molecule has 1 fully saturated rings. The number of aryl methyl sites for hydroxylation is 1. The van der Waals surface area contributed by atoms with Crippen LogP contribution in [0.15, 0.2) is 35.2 Å². The molecule has 0 amide bonds. The van der Waals surface area contributed by atoms with Crippen LogP contribution >= 0.6 is 12.6 Å². The van der Waals surface area contributed by atoms with Crippen molar-refractivity contribution in [3.63, 3.8) is 0 Å². The highest BCUT2D eigenvalue weighted by Crippen LogP contribution is 2.40. The van der Waals surface area contributed by atoms with E-state index in [1.54, 1.807) is 0 Å². The summed E-state index contributed by atoms with van der Waals surface area (Å²) in [5.74, 6) is 1.03. The first-order chi connectivity index (χ1) is 14.5. The summed E-state index contributed by atoms with van der Waals surface area (Å²) in [7, 11) is 2.14. The summed E-state index contributed by atoms with van der Waals surface area (Å²) in [4.78, 5) is 5.73. The Labute approximate surface area is 185 Å². The molecule has 2 heterocycles. The second kappa shape index (κ2) is 9.60. The molecule has 1 saturated heterocycles. The zero-order valence-corrected chi connectivity index (χ0v) is 18.8. The minimum absolute atomic E-state index is 0.214. The van der Waals surface area contributed by atoms with Gasteiger partial charge in [0.2, 0.25) is 0 Å². The molecular formula is C24H32N2O3S. The predicted molar refractivity (Wildman–Crippen MR) is 122 cm³/mol. The lowest BCUT2D eigenvalue weighted by atomic mass is 9.84. The van der Waals surface area contributed by atoms with Crippen molar-refractivity contribution in [2.24, 2.45) is 0 Å². The summed E-state index contributed by atoms with van der Waals surface area (Å²) in [6.07, 6.45) is 0.938.